The Balaban J connectivity index is 2.00. The van der Waals surface area contributed by atoms with Gasteiger partial charge in [0, 0.05) is 22.9 Å². The number of carbonyl (C=O) groups excluding carboxylic acids is 1. The van der Waals surface area contributed by atoms with Gasteiger partial charge in [-0.3, -0.25) is 14.9 Å². The van der Waals surface area contributed by atoms with Crippen LogP contribution in [0, 0.1) is 24.0 Å². The normalized spacial score (nSPS) is 10.5. The Morgan fingerprint density at radius 2 is 1.85 bits per heavy atom. The van der Waals surface area contributed by atoms with Gasteiger partial charge in [0.1, 0.15) is 5.76 Å². The number of hydrogen-bond acceptors (Lipinski definition) is 4. The molecular formula is C20H18N2O4. The van der Waals surface area contributed by atoms with Crippen LogP contribution < -0.4 is 4.90 Å². The predicted molar refractivity (Wildman–Crippen MR) is 98.2 cm³/mol. The van der Waals surface area contributed by atoms with Crippen molar-refractivity contribution >= 4 is 17.3 Å². The van der Waals surface area contributed by atoms with Crippen LogP contribution in [0.15, 0.2) is 65.3 Å². The molecule has 0 spiro atoms. The molecule has 26 heavy (non-hydrogen) atoms. The number of anilines is 1. The Bertz CT molecular complexity index is 931. The minimum atomic E-state index is -0.477. The highest BCUT2D eigenvalue weighted by atomic mass is 16.6. The topological polar surface area (TPSA) is 76.6 Å². The lowest BCUT2D eigenvalue weighted by Gasteiger charge is -2.22. The Morgan fingerprint density at radius 1 is 1.12 bits per heavy atom. The molecular weight excluding hydrogens is 332 g/mol. The molecule has 1 aromatic heterocycles. The summed E-state index contributed by atoms with van der Waals surface area (Å²) in [4.78, 5) is 25.4. The van der Waals surface area contributed by atoms with Gasteiger partial charge in [-0.15, -0.1) is 0 Å². The highest BCUT2D eigenvalue weighted by Gasteiger charge is 2.22. The van der Waals surface area contributed by atoms with E-state index in [0.717, 1.165) is 5.56 Å². The van der Waals surface area contributed by atoms with Crippen molar-refractivity contribution in [1.82, 2.24) is 0 Å². The molecule has 0 fully saturated rings. The first kappa shape index (κ1) is 17.4. The van der Waals surface area contributed by atoms with Crippen molar-refractivity contribution in [2.24, 2.45) is 0 Å². The molecule has 0 radical (unpaired) electrons. The molecule has 0 atom stereocenters. The maximum Gasteiger partial charge on any atom is 0.273 e. The molecule has 0 aliphatic rings. The first-order valence-corrected chi connectivity index (χ1v) is 8.11. The summed E-state index contributed by atoms with van der Waals surface area (Å²) in [6.45, 7) is 3.84. The van der Waals surface area contributed by atoms with Gasteiger partial charge < -0.3 is 9.32 Å². The predicted octanol–water partition coefficient (Wildman–Crippen LogP) is 4.65. The van der Waals surface area contributed by atoms with Crippen LogP contribution in [0.3, 0.4) is 0 Å². The average Bonchev–Trinajstić information content (AvgIpc) is 3.13. The van der Waals surface area contributed by atoms with E-state index in [2.05, 4.69) is 0 Å². The number of carbonyl (C=O) groups is 1. The molecule has 0 saturated carbocycles. The van der Waals surface area contributed by atoms with E-state index in [1.807, 2.05) is 31.2 Å². The molecule has 0 aliphatic carbocycles. The van der Waals surface area contributed by atoms with Gasteiger partial charge >= 0.3 is 0 Å². The Morgan fingerprint density at radius 3 is 2.46 bits per heavy atom. The van der Waals surface area contributed by atoms with Crippen LogP contribution in [0.25, 0.3) is 0 Å². The Kier molecular flexibility index (Phi) is 4.84. The van der Waals surface area contributed by atoms with Gasteiger partial charge in [0.05, 0.1) is 17.7 Å². The molecule has 6 heteroatoms. The summed E-state index contributed by atoms with van der Waals surface area (Å²) in [6, 6.07) is 15.6. The van der Waals surface area contributed by atoms with E-state index < -0.39 is 4.92 Å². The van der Waals surface area contributed by atoms with Crippen molar-refractivity contribution in [2.75, 3.05) is 4.90 Å². The average molecular weight is 350 g/mol. The molecule has 1 heterocycles. The molecule has 132 valence electrons. The molecule has 0 unspecified atom stereocenters. The number of aryl methyl sites for hydroxylation is 2. The van der Waals surface area contributed by atoms with Crippen molar-refractivity contribution in [3.8, 4) is 0 Å². The summed E-state index contributed by atoms with van der Waals surface area (Å²) < 4.78 is 5.37. The molecule has 0 saturated heterocycles. The van der Waals surface area contributed by atoms with Crippen molar-refractivity contribution in [1.29, 1.82) is 0 Å². The quantitative estimate of drug-likeness (QED) is 0.496. The molecule has 0 aliphatic heterocycles. The first-order valence-electron chi connectivity index (χ1n) is 8.11. The van der Waals surface area contributed by atoms with E-state index >= 15 is 0 Å². The smallest absolute Gasteiger partial charge is 0.273 e. The number of benzene rings is 2. The lowest BCUT2D eigenvalue weighted by Crippen LogP contribution is -2.30. The molecule has 3 aromatic rings. The van der Waals surface area contributed by atoms with Gasteiger partial charge in [0.25, 0.3) is 11.6 Å². The van der Waals surface area contributed by atoms with Crippen molar-refractivity contribution in [3.05, 3.63) is 93.4 Å². The fourth-order valence-corrected chi connectivity index (χ4v) is 2.66. The highest BCUT2D eigenvalue weighted by molar-refractivity contribution is 6.06. The van der Waals surface area contributed by atoms with Gasteiger partial charge in [0.2, 0.25) is 0 Å². The zero-order valence-electron chi connectivity index (χ0n) is 14.5. The van der Waals surface area contributed by atoms with E-state index in [4.69, 9.17) is 4.42 Å². The number of nitrogens with zero attached hydrogens (tertiary/aromatic N) is 2. The van der Waals surface area contributed by atoms with E-state index in [1.165, 1.54) is 6.07 Å². The van der Waals surface area contributed by atoms with Crippen LogP contribution in [0.5, 0.6) is 0 Å². The molecule has 3 rings (SSSR count). The van der Waals surface area contributed by atoms with Crippen LogP contribution in [-0.4, -0.2) is 10.8 Å². The monoisotopic (exact) mass is 350 g/mol. The highest BCUT2D eigenvalue weighted by Crippen LogP contribution is 2.24. The molecule has 0 bridgehead atoms. The summed E-state index contributed by atoms with van der Waals surface area (Å²) >= 11 is 0. The summed E-state index contributed by atoms with van der Waals surface area (Å²) in [5.74, 6) is 0.300. The fraction of sp³-hybridized carbons (Fsp3) is 0.150. The number of amides is 1. The minimum absolute atomic E-state index is 0.0716. The molecule has 0 N–H and O–H groups in total. The van der Waals surface area contributed by atoms with Crippen molar-refractivity contribution in [2.45, 2.75) is 20.4 Å². The standard InChI is InChI=1S/C20H18N2O4/c1-14-5-9-17(10-6-14)21(13-18-4-3-11-26-18)20(23)16-8-7-15(2)19(12-16)22(24)25/h3-12H,13H2,1-2H3. The van der Waals surface area contributed by atoms with Crippen molar-refractivity contribution in [3.63, 3.8) is 0 Å². The number of hydrogen-bond donors (Lipinski definition) is 0. The number of nitro groups is 1. The maximum absolute atomic E-state index is 13.1. The van der Waals surface area contributed by atoms with Crippen LogP contribution in [0.1, 0.15) is 27.2 Å². The third kappa shape index (κ3) is 3.64. The summed E-state index contributed by atoms with van der Waals surface area (Å²) in [5, 5.41) is 11.2. The summed E-state index contributed by atoms with van der Waals surface area (Å²) in [6.07, 6.45) is 1.55. The zero-order chi connectivity index (χ0) is 18.7. The third-order valence-electron chi connectivity index (χ3n) is 4.14. The Labute approximate surface area is 150 Å². The number of nitro benzene ring substituents is 1. The van der Waals surface area contributed by atoms with Gasteiger partial charge in [-0.05, 0) is 44.2 Å². The van der Waals surface area contributed by atoms with Crippen LogP contribution in [-0.2, 0) is 6.54 Å². The van der Waals surface area contributed by atoms with Crippen LogP contribution >= 0.6 is 0 Å². The molecule has 1 amide bonds. The second kappa shape index (κ2) is 7.23. The van der Waals surface area contributed by atoms with E-state index in [1.54, 1.807) is 42.4 Å². The first-order chi connectivity index (χ1) is 12.5. The minimum Gasteiger partial charge on any atom is -0.467 e. The largest absolute Gasteiger partial charge is 0.467 e. The van der Waals surface area contributed by atoms with Crippen molar-refractivity contribution < 1.29 is 14.1 Å². The Hall–Kier alpha value is -3.41. The second-order valence-corrected chi connectivity index (χ2v) is 6.06. The summed E-state index contributed by atoms with van der Waals surface area (Å²) in [7, 11) is 0. The van der Waals surface area contributed by atoms with Crippen LogP contribution in [0.4, 0.5) is 11.4 Å². The second-order valence-electron chi connectivity index (χ2n) is 6.06. The summed E-state index contributed by atoms with van der Waals surface area (Å²) in [5.41, 5.74) is 2.47. The van der Waals surface area contributed by atoms with E-state index in [0.29, 0.717) is 17.0 Å². The number of rotatable bonds is 5. The van der Waals surface area contributed by atoms with E-state index in [9.17, 15) is 14.9 Å². The zero-order valence-corrected chi connectivity index (χ0v) is 14.5. The van der Waals surface area contributed by atoms with Gasteiger partial charge in [-0.1, -0.05) is 23.8 Å². The fourth-order valence-electron chi connectivity index (χ4n) is 2.66. The number of furan rings is 1. The van der Waals surface area contributed by atoms with E-state index in [-0.39, 0.29) is 23.7 Å². The van der Waals surface area contributed by atoms with Gasteiger partial charge in [0.15, 0.2) is 0 Å². The van der Waals surface area contributed by atoms with Gasteiger partial charge in [-0.2, -0.15) is 0 Å². The lowest BCUT2D eigenvalue weighted by atomic mass is 10.1. The lowest BCUT2D eigenvalue weighted by molar-refractivity contribution is -0.385. The third-order valence-corrected chi connectivity index (χ3v) is 4.14. The molecule has 6 nitrogen and oxygen atoms in total. The van der Waals surface area contributed by atoms with Crippen LogP contribution in [0.2, 0.25) is 0 Å². The SMILES string of the molecule is Cc1ccc(N(Cc2ccco2)C(=O)c2ccc(C)c([N+](=O)[O-])c2)cc1. The molecule has 2 aromatic carbocycles. The maximum atomic E-state index is 13.1. The van der Waals surface area contributed by atoms with Gasteiger partial charge in [-0.25, -0.2) is 0 Å².